The summed E-state index contributed by atoms with van der Waals surface area (Å²) in [5.74, 6) is -2.15. The first-order chi connectivity index (χ1) is 11.0. The molecular weight excluding hydrogens is 352 g/mol. The standard InChI is InChI=1S/C14H11BCl2F2O4/c1-20-13-7(16)3-5-9(11(13)18)22-15-23-10-6-4-8(17)14(21-2)12(10)19/h3-6,15H,1-2H3. The molecule has 9 heteroatoms. The van der Waals surface area contributed by atoms with Gasteiger partial charge >= 0.3 is 7.69 Å². The highest BCUT2D eigenvalue weighted by atomic mass is 35.5. The molecule has 0 spiro atoms. The van der Waals surface area contributed by atoms with Crippen LogP contribution in [0, 0.1) is 11.6 Å². The van der Waals surface area contributed by atoms with Crippen LogP contribution in [-0.4, -0.2) is 21.9 Å². The van der Waals surface area contributed by atoms with E-state index in [4.69, 9.17) is 42.0 Å². The molecule has 4 nitrogen and oxygen atoms in total. The lowest BCUT2D eigenvalue weighted by molar-refractivity contribution is 0.362. The number of ether oxygens (including phenoxy) is 2. The van der Waals surface area contributed by atoms with Gasteiger partial charge in [0.05, 0.1) is 24.3 Å². The van der Waals surface area contributed by atoms with Gasteiger partial charge in [-0.05, 0) is 24.3 Å². The van der Waals surface area contributed by atoms with E-state index in [1.54, 1.807) is 0 Å². The predicted octanol–water partition coefficient (Wildman–Crippen LogP) is 4.01. The number of methoxy groups -OCH3 is 2. The second-order valence-electron chi connectivity index (χ2n) is 4.19. The lowest BCUT2D eigenvalue weighted by atomic mass is 10.2. The van der Waals surface area contributed by atoms with Gasteiger partial charge in [0.15, 0.2) is 11.5 Å². The van der Waals surface area contributed by atoms with Crippen molar-refractivity contribution in [1.29, 1.82) is 0 Å². The first-order valence-electron chi connectivity index (χ1n) is 6.29. The van der Waals surface area contributed by atoms with Gasteiger partial charge in [0.25, 0.3) is 0 Å². The highest BCUT2D eigenvalue weighted by molar-refractivity contribution is 6.32. The van der Waals surface area contributed by atoms with E-state index in [9.17, 15) is 8.78 Å². The maximum Gasteiger partial charge on any atom is 0.576 e. The largest absolute Gasteiger partial charge is 0.576 e. The highest BCUT2D eigenvalue weighted by Crippen LogP contribution is 2.35. The van der Waals surface area contributed by atoms with Crippen LogP contribution in [0.4, 0.5) is 8.78 Å². The zero-order valence-corrected chi connectivity index (χ0v) is 13.7. The topological polar surface area (TPSA) is 36.9 Å². The molecule has 0 N–H and O–H groups in total. The molecule has 0 saturated carbocycles. The average Bonchev–Trinajstić information content (AvgIpc) is 2.52. The molecule has 0 saturated heterocycles. The fourth-order valence-electron chi connectivity index (χ4n) is 1.78. The summed E-state index contributed by atoms with van der Waals surface area (Å²) >= 11 is 11.5. The minimum absolute atomic E-state index is 0.103. The Morgan fingerprint density at radius 2 is 1.17 bits per heavy atom. The molecule has 0 aliphatic rings. The van der Waals surface area contributed by atoms with Gasteiger partial charge in [-0.15, -0.1) is 0 Å². The Kier molecular flexibility index (Phi) is 5.79. The van der Waals surface area contributed by atoms with Crippen molar-refractivity contribution in [2.45, 2.75) is 0 Å². The molecule has 2 aromatic rings. The maximum absolute atomic E-state index is 14.0. The van der Waals surface area contributed by atoms with Crippen LogP contribution in [0.1, 0.15) is 0 Å². The summed E-state index contributed by atoms with van der Waals surface area (Å²) in [4.78, 5) is 0. The molecule has 0 aliphatic heterocycles. The molecule has 0 atom stereocenters. The van der Waals surface area contributed by atoms with E-state index in [-0.39, 0.29) is 33.0 Å². The lowest BCUT2D eigenvalue weighted by Gasteiger charge is -2.13. The Balaban J connectivity index is 2.09. The van der Waals surface area contributed by atoms with Gasteiger partial charge in [-0.3, -0.25) is 0 Å². The fourth-order valence-corrected chi connectivity index (χ4v) is 2.23. The smallest absolute Gasteiger partial charge is 0.526 e. The summed E-state index contributed by atoms with van der Waals surface area (Å²) in [6, 6.07) is 5.43. The molecule has 0 unspecified atom stereocenters. The molecule has 0 amide bonds. The molecule has 0 radical (unpaired) electrons. The van der Waals surface area contributed by atoms with Crippen LogP contribution in [0.2, 0.25) is 10.0 Å². The number of halogens is 4. The Morgan fingerprint density at radius 1 is 0.783 bits per heavy atom. The number of rotatable bonds is 6. The molecule has 23 heavy (non-hydrogen) atoms. The van der Waals surface area contributed by atoms with E-state index in [0.717, 1.165) is 0 Å². The van der Waals surface area contributed by atoms with Crippen molar-refractivity contribution in [3.05, 3.63) is 45.9 Å². The van der Waals surface area contributed by atoms with Crippen molar-refractivity contribution < 1.29 is 27.6 Å². The molecule has 2 rings (SSSR count). The molecule has 2 aromatic carbocycles. The molecule has 0 aromatic heterocycles. The van der Waals surface area contributed by atoms with Gasteiger partial charge in [-0.1, -0.05) is 23.2 Å². The van der Waals surface area contributed by atoms with E-state index in [1.807, 2.05) is 0 Å². The van der Waals surface area contributed by atoms with Crippen LogP contribution in [0.5, 0.6) is 23.0 Å². The molecule has 122 valence electrons. The summed E-state index contributed by atoms with van der Waals surface area (Å²) in [5.41, 5.74) is 0. The fraction of sp³-hybridized carbons (Fsp3) is 0.143. The lowest BCUT2D eigenvalue weighted by Crippen LogP contribution is -2.13. The maximum atomic E-state index is 14.0. The van der Waals surface area contributed by atoms with Gasteiger partial charge in [0.1, 0.15) is 11.5 Å². The number of benzene rings is 2. The first kappa shape index (κ1) is 17.5. The summed E-state index contributed by atoms with van der Waals surface area (Å²) < 4.78 is 47.9. The average molecular weight is 363 g/mol. The third-order valence-corrected chi connectivity index (χ3v) is 3.46. The number of hydrogen-bond donors (Lipinski definition) is 0. The third kappa shape index (κ3) is 3.73. The Bertz CT molecular complexity index is 656. The molecule has 0 heterocycles. The van der Waals surface area contributed by atoms with Gasteiger partial charge in [-0.2, -0.15) is 8.78 Å². The van der Waals surface area contributed by atoms with Gasteiger partial charge in [0.2, 0.25) is 11.6 Å². The zero-order chi connectivity index (χ0) is 17.0. The van der Waals surface area contributed by atoms with Crippen molar-refractivity contribution in [2.24, 2.45) is 0 Å². The van der Waals surface area contributed by atoms with E-state index >= 15 is 0 Å². The van der Waals surface area contributed by atoms with Crippen LogP contribution in [0.3, 0.4) is 0 Å². The molecule has 0 fully saturated rings. The summed E-state index contributed by atoms with van der Waals surface area (Å²) in [6.07, 6.45) is 0. The van der Waals surface area contributed by atoms with Crippen molar-refractivity contribution >= 4 is 30.9 Å². The van der Waals surface area contributed by atoms with E-state index in [1.165, 1.54) is 38.5 Å². The minimum Gasteiger partial charge on any atom is -0.526 e. The first-order valence-corrected chi connectivity index (χ1v) is 7.04. The van der Waals surface area contributed by atoms with Crippen LogP contribution < -0.4 is 18.8 Å². The second kappa shape index (κ2) is 7.61. The normalized spacial score (nSPS) is 10.2. The van der Waals surface area contributed by atoms with E-state index in [0.29, 0.717) is 0 Å². The Hall–Kier alpha value is -1.86. The summed E-state index contributed by atoms with van der Waals surface area (Å²) in [5, 5.41) is 0.207. The molecule has 0 aliphatic carbocycles. The Labute approximate surface area is 142 Å². The number of hydrogen-bond acceptors (Lipinski definition) is 4. The van der Waals surface area contributed by atoms with Crippen LogP contribution >= 0.6 is 23.2 Å². The van der Waals surface area contributed by atoms with Gasteiger partial charge in [-0.25, -0.2) is 0 Å². The monoisotopic (exact) mass is 362 g/mol. The summed E-state index contributed by atoms with van der Waals surface area (Å²) in [6.45, 7) is 0. The van der Waals surface area contributed by atoms with Gasteiger partial charge in [0, 0.05) is 0 Å². The third-order valence-electron chi connectivity index (χ3n) is 2.86. The summed E-state index contributed by atoms with van der Waals surface area (Å²) in [7, 11) is 2.11. The van der Waals surface area contributed by atoms with Crippen molar-refractivity contribution in [3.63, 3.8) is 0 Å². The quantitative estimate of drug-likeness (QED) is 0.727. The highest BCUT2D eigenvalue weighted by Gasteiger charge is 2.17. The minimum atomic E-state index is -0.780. The SMILES string of the molecule is COc1c(Cl)ccc(OBOc2ccc(Cl)c(OC)c2F)c1F. The van der Waals surface area contributed by atoms with Crippen LogP contribution in [-0.2, 0) is 0 Å². The zero-order valence-electron chi connectivity index (χ0n) is 12.2. The molecular formula is C14H11BCl2F2O4. The van der Waals surface area contributed by atoms with Gasteiger partial charge < -0.3 is 18.8 Å². The van der Waals surface area contributed by atoms with Crippen molar-refractivity contribution in [2.75, 3.05) is 14.2 Å². The van der Waals surface area contributed by atoms with E-state index < -0.39 is 19.3 Å². The van der Waals surface area contributed by atoms with E-state index in [2.05, 4.69) is 0 Å². The van der Waals surface area contributed by atoms with Crippen LogP contribution in [0.15, 0.2) is 24.3 Å². The Morgan fingerprint density at radius 3 is 1.52 bits per heavy atom. The van der Waals surface area contributed by atoms with Crippen LogP contribution in [0.25, 0.3) is 0 Å². The predicted molar refractivity (Wildman–Crippen MR) is 84.3 cm³/mol. The molecule has 0 bridgehead atoms. The van der Waals surface area contributed by atoms with Crippen molar-refractivity contribution in [3.8, 4) is 23.0 Å². The van der Waals surface area contributed by atoms with Crippen molar-refractivity contribution in [1.82, 2.24) is 0 Å². The second-order valence-corrected chi connectivity index (χ2v) is 5.01.